The number of rotatable bonds is 10. The third-order valence-electron chi connectivity index (χ3n) is 6.13. The van der Waals surface area contributed by atoms with Gasteiger partial charge in [0.25, 0.3) is 0 Å². The van der Waals surface area contributed by atoms with Gasteiger partial charge in [-0.1, -0.05) is 26.0 Å². The fourth-order valence-electron chi connectivity index (χ4n) is 4.22. The van der Waals surface area contributed by atoms with E-state index in [1.807, 2.05) is 26.0 Å². The van der Waals surface area contributed by atoms with Crippen molar-refractivity contribution < 1.29 is 34.0 Å². The van der Waals surface area contributed by atoms with Crippen molar-refractivity contribution in [1.82, 2.24) is 9.55 Å². The van der Waals surface area contributed by atoms with Gasteiger partial charge in [-0.15, -0.1) is 0 Å². The largest absolute Gasteiger partial charge is 0.481 e. The smallest absolute Gasteiger partial charge is 0.414 e. The van der Waals surface area contributed by atoms with Crippen molar-refractivity contribution in [3.63, 3.8) is 0 Å². The van der Waals surface area contributed by atoms with Crippen LogP contribution in [0, 0.1) is 5.82 Å². The Morgan fingerprint density at radius 1 is 1.10 bits per heavy atom. The van der Waals surface area contributed by atoms with E-state index in [1.165, 1.54) is 23.1 Å². The molecule has 0 aliphatic heterocycles. The third kappa shape index (κ3) is 8.48. The lowest BCUT2D eigenvalue weighted by Gasteiger charge is -2.25. The number of anilines is 1. The van der Waals surface area contributed by atoms with E-state index < -0.39 is 42.1 Å². The first-order valence-corrected chi connectivity index (χ1v) is 13.4. The molecule has 0 spiro atoms. The van der Waals surface area contributed by atoms with E-state index in [9.17, 15) is 24.2 Å². The van der Waals surface area contributed by atoms with E-state index in [-0.39, 0.29) is 12.3 Å². The predicted octanol–water partition coefficient (Wildman–Crippen LogP) is 5.91. The van der Waals surface area contributed by atoms with Crippen molar-refractivity contribution in [2.45, 2.75) is 71.2 Å². The summed E-state index contributed by atoms with van der Waals surface area (Å²) in [6.07, 6.45) is -0.401. The first-order chi connectivity index (χ1) is 19.2. The minimum absolute atomic E-state index is 0.0602. The number of hydrogen-bond acceptors (Lipinski definition) is 6. The SMILES string of the molecule is CC(C)c1nc(-c2cccc(N(C)C(=O)OC(C)(C)C)c2)c(-c2ccc(F)cc2)n1/C=C/C(O)CC(O)CC(=O)O. The summed E-state index contributed by atoms with van der Waals surface area (Å²) in [6.45, 7) is 9.31. The van der Waals surface area contributed by atoms with E-state index >= 15 is 0 Å². The number of carbonyl (C=O) groups excluding carboxylic acids is 1. The van der Waals surface area contributed by atoms with Crippen molar-refractivity contribution in [1.29, 1.82) is 0 Å². The molecule has 0 radical (unpaired) electrons. The summed E-state index contributed by atoms with van der Waals surface area (Å²) in [5.41, 5.74) is 2.48. The molecule has 0 aliphatic carbocycles. The number of nitrogens with zero attached hydrogens (tertiary/aromatic N) is 3. The zero-order chi connectivity index (χ0) is 30.5. The van der Waals surface area contributed by atoms with Crippen molar-refractivity contribution in [2.75, 3.05) is 11.9 Å². The van der Waals surface area contributed by atoms with E-state index in [1.54, 1.807) is 62.9 Å². The zero-order valence-corrected chi connectivity index (χ0v) is 24.2. The lowest BCUT2D eigenvalue weighted by molar-refractivity contribution is -0.139. The fraction of sp³-hybridized carbons (Fsp3) is 0.387. The number of aliphatic hydroxyl groups is 2. The molecule has 220 valence electrons. The number of aliphatic carboxylic acids is 1. The molecular weight excluding hydrogens is 529 g/mol. The molecule has 0 fully saturated rings. The Balaban J connectivity index is 2.12. The Hall–Kier alpha value is -4.02. The highest BCUT2D eigenvalue weighted by Crippen LogP contribution is 2.37. The maximum Gasteiger partial charge on any atom is 0.414 e. The van der Waals surface area contributed by atoms with Gasteiger partial charge in [0.1, 0.15) is 17.2 Å². The van der Waals surface area contributed by atoms with Gasteiger partial charge in [0, 0.05) is 42.4 Å². The topological polar surface area (TPSA) is 125 Å². The highest BCUT2D eigenvalue weighted by atomic mass is 19.1. The Bertz CT molecular complexity index is 1390. The second kappa shape index (κ2) is 13.1. The molecule has 9 nitrogen and oxygen atoms in total. The van der Waals surface area contributed by atoms with Crippen molar-refractivity contribution in [3.8, 4) is 22.5 Å². The van der Waals surface area contributed by atoms with E-state index in [0.717, 1.165) is 0 Å². The predicted molar refractivity (Wildman–Crippen MR) is 156 cm³/mol. The quantitative estimate of drug-likeness (QED) is 0.278. The van der Waals surface area contributed by atoms with Crippen LogP contribution in [0.15, 0.2) is 54.6 Å². The van der Waals surface area contributed by atoms with E-state index in [4.69, 9.17) is 14.8 Å². The second-order valence-corrected chi connectivity index (χ2v) is 11.2. The van der Waals surface area contributed by atoms with Gasteiger partial charge in [-0.05, 0) is 63.2 Å². The molecule has 2 atom stereocenters. The number of aliphatic hydroxyl groups excluding tert-OH is 2. The molecule has 0 bridgehead atoms. The standard InChI is InChI=1S/C31H38FN3O6/c1-19(2)29-33-27(21-8-7-9-23(16-21)34(6)30(40)41-31(3,4)5)28(20-10-12-22(32)13-11-20)35(29)15-14-24(36)17-25(37)18-26(38)39/h7-16,19,24-25,36-37H,17-18H2,1-6H3,(H,38,39)/b15-14+. The molecule has 1 aromatic heterocycles. The molecule has 10 heteroatoms. The lowest BCUT2D eigenvalue weighted by atomic mass is 10.0. The van der Waals surface area contributed by atoms with Crippen LogP contribution in [0.5, 0.6) is 0 Å². The third-order valence-corrected chi connectivity index (χ3v) is 6.13. The monoisotopic (exact) mass is 567 g/mol. The highest BCUT2D eigenvalue weighted by Gasteiger charge is 2.24. The lowest BCUT2D eigenvalue weighted by Crippen LogP contribution is -2.34. The number of carboxylic acid groups (broad SMARTS) is 1. The second-order valence-electron chi connectivity index (χ2n) is 11.2. The van der Waals surface area contributed by atoms with Crippen molar-refractivity contribution >= 4 is 23.9 Å². The Labute approximate surface area is 239 Å². The molecule has 41 heavy (non-hydrogen) atoms. The Morgan fingerprint density at radius 2 is 1.76 bits per heavy atom. The molecule has 0 saturated heterocycles. The molecular formula is C31H38FN3O6. The van der Waals surface area contributed by atoms with Crippen molar-refractivity contribution in [2.24, 2.45) is 0 Å². The Kier molecular flexibility index (Phi) is 10.1. The number of amides is 1. The number of halogens is 1. The first kappa shape index (κ1) is 31.5. The summed E-state index contributed by atoms with van der Waals surface area (Å²) in [5, 5.41) is 29.4. The summed E-state index contributed by atoms with van der Waals surface area (Å²) in [6, 6.07) is 13.2. The minimum atomic E-state index is -1.21. The fourth-order valence-corrected chi connectivity index (χ4v) is 4.22. The van der Waals surface area contributed by atoms with Crippen LogP contribution in [0.1, 0.15) is 59.2 Å². The van der Waals surface area contributed by atoms with Crippen molar-refractivity contribution in [3.05, 3.63) is 66.2 Å². The molecule has 1 heterocycles. The summed E-state index contributed by atoms with van der Waals surface area (Å²) >= 11 is 0. The number of benzene rings is 2. The summed E-state index contributed by atoms with van der Waals surface area (Å²) in [7, 11) is 1.62. The molecule has 2 aromatic carbocycles. The van der Waals surface area contributed by atoms with Crippen LogP contribution in [-0.4, -0.2) is 61.8 Å². The van der Waals surface area contributed by atoms with Crippen LogP contribution in [-0.2, 0) is 9.53 Å². The molecule has 3 aromatic rings. The van der Waals surface area contributed by atoms with Crippen LogP contribution < -0.4 is 4.90 Å². The Morgan fingerprint density at radius 3 is 2.34 bits per heavy atom. The van der Waals surface area contributed by atoms with Gasteiger partial charge < -0.3 is 24.6 Å². The van der Waals surface area contributed by atoms with Crippen LogP contribution in [0.4, 0.5) is 14.9 Å². The molecule has 0 aliphatic rings. The van der Waals surface area contributed by atoms with Crippen LogP contribution in [0.25, 0.3) is 28.7 Å². The maximum absolute atomic E-state index is 13.9. The summed E-state index contributed by atoms with van der Waals surface area (Å²) in [4.78, 5) is 30.0. The number of ether oxygens (including phenoxy) is 1. The van der Waals surface area contributed by atoms with E-state index in [0.29, 0.717) is 34.0 Å². The van der Waals surface area contributed by atoms with Crippen LogP contribution in [0.3, 0.4) is 0 Å². The molecule has 3 N–H and O–H groups in total. The highest BCUT2D eigenvalue weighted by molar-refractivity contribution is 5.89. The number of carbonyl (C=O) groups is 2. The average molecular weight is 568 g/mol. The van der Waals surface area contributed by atoms with Gasteiger partial charge in [0.05, 0.1) is 30.0 Å². The first-order valence-electron chi connectivity index (χ1n) is 13.4. The van der Waals surface area contributed by atoms with Gasteiger partial charge in [-0.3, -0.25) is 9.69 Å². The van der Waals surface area contributed by atoms with Gasteiger partial charge in [0.15, 0.2) is 0 Å². The normalized spacial score (nSPS) is 13.4. The average Bonchev–Trinajstić information content (AvgIpc) is 3.26. The number of imidazole rings is 1. The van der Waals surface area contributed by atoms with E-state index in [2.05, 4.69) is 0 Å². The van der Waals surface area contributed by atoms with Gasteiger partial charge in [0.2, 0.25) is 0 Å². The molecule has 0 saturated carbocycles. The summed E-state index contributed by atoms with van der Waals surface area (Å²) < 4.78 is 21.2. The van der Waals surface area contributed by atoms with Crippen LogP contribution in [0.2, 0.25) is 0 Å². The van der Waals surface area contributed by atoms with Crippen LogP contribution >= 0.6 is 0 Å². The van der Waals surface area contributed by atoms with Gasteiger partial charge in [-0.25, -0.2) is 14.2 Å². The number of hydrogen-bond donors (Lipinski definition) is 3. The molecule has 3 rings (SSSR count). The number of aromatic nitrogens is 2. The molecule has 2 unspecified atom stereocenters. The minimum Gasteiger partial charge on any atom is -0.481 e. The molecule has 1 amide bonds. The maximum atomic E-state index is 13.9. The van der Waals surface area contributed by atoms with Gasteiger partial charge in [-0.2, -0.15) is 0 Å². The van der Waals surface area contributed by atoms with Gasteiger partial charge >= 0.3 is 12.1 Å². The summed E-state index contributed by atoms with van der Waals surface area (Å²) in [5.74, 6) is -0.965. The number of carboxylic acids is 1. The zero-order valence-electron chi connectivity index (χ0n) is 24.2.